The van der Waals surface area contributed by atoms with Crippen molar-refractivity contribution in [3.8, 4) is 0 Å². The summed E-state index contributed by atoms with van der Waals surface area (Å²) in [5.41, 5.74) is 3.34. The van der Waals surface area contributed by atoms with Gasteiger partial charge in [0.15, 0.2) is 0 Å². The van der Waals surface area contributed by atoms with E-state index in [0.717, 1.165) is 22.7 Å². The van der Waals surface area contributed by atoms with Crippen molar-refractivity contribution in [2.24, 2.45) is 0 Å². The van der Waals surface area contributed by atoms with Gasteiger partial charge < -0.3 is 4.42 Å². The topological polar surface area (TPSA) is 33.5 Å². The standard InChI is InChI=1S/C20H15NO2/c1-14-11-12-16(23-14)13-18-17-9-5-6-10-19(17)21(20(18)22)15-7-3-2-4-8-15/h2-13H,1H3/b18-13+. The van der Waals surface area contributed by atoms with Crippen molar-refractivity contribution in [2.45, 2.75) is 6.92 Å². The van der Waals surface area contributed by atoms with Crippen LogP contribution < -0.4 is 4.90 Å². The Balaban J connectivity index is 1.87. The van der Waals surface area contributed by atoms with Crippen LogP contribution in [0.3, 0.4) is 0 Å². The van der Waals surface area contributed by atoms with E-state index in [-0.39, 0.29) is 5.91 Å². The second-order valence-corrected chi connectivity index (χ2v) is 5.50. The average Bonchev–Trinajstić information content (AvgIpc) is 3.11. The third kappa shape index (κ3) is 2.27. The predicted molar refractivity (Wildman–Crippen MR) is 91.3 cm³/mol. The van der Waals surface area contributed by atoms with Crippen LogP contribution in [-0.2, 0) is 4.79 Å². The highest BCUT2D eigenvalue weighted by Gasteiger charge is 2.33. The molecule has 3 heteroatoms. The van der Waals surface area contributed by atoms with Crippen molar-refractivity contribution in [1.82, 2.24) is 0 Å². The van der Waals surface area contributed by atoms with Crippen molar-refractivity contribution in [3.05, 3.63) is 83.8 Å². The van der Waals surface area contributed by atoms with Gasteiger partial charge in [-0.1, -0.05) is 36.4 Å². The Kier molecular flexibility index (Phi) is 3.12. The Morgan fingerprint density at radius 3 is 2.39 bits per heavy atom. The van der Waals surface area contributed by atoms with E-state index >= 15 is 0 Å². The Labute approximate surface area is 134 Å². The zero-order valence-corrected chi connectivity index (χ0v) is 12.7. The van der Waals surface area contributed by atoms with Crippen LogP contribution in [-0.4, -0.2) is 5.91 Å². The number of fused-ring (bicyclic) bond motifs is 1. The van der Waals surface area contributed by atoms with Gasteiger partial charge in [0, 0.05) is 11.3 Å². The third-order valence-corrected chi connectivity index (χ3v) is 3.93. The molecule has 0 radical (unpaired) electrons. The summed E-state index contributed by atoms with van der Waals surface area (Å²) in [7, 11) is 0. The van der Waals surface area contributed by atoms with Crippen molar-refractivity contribution < 1.29 is 9.21 Å². The van der Waals surface area contributed by atoms with Crippen LogP contribution in [0.1, 0.15) is 17.1 Å². The summed E-state index contributed by atoms with van der Waals surface area (Å²) in [6.07, 6.45) is 1.82. The molecule has 0 N–H and O–H groups in total. The van der Waals surface area contributed by atoms with Gasteiger partial charge in [0.1, 0.15) is 11.5 Å². The molecule has 1 aromatic heterocycles. The number of amides is 1. The van der Waals surface area contributed by atoms with Gasteiger partial charge in [-0.05, 0) is 43.3 Å². The summed E-state index contributed by atoms with van der Waals surface area (Å²) < 4.78 is 5.60. The molecule has 1 aliphatic heterocycles. The summed E-state index contributed by atoms with van der Waals surface area (Å²) in [5, 5.41) is 0. The molecular formula is C20H15NO2. The summed E-state index contributed by atoms with van der Waals surface area (Å²) in [5.74, 6) is 1.48. The number of nitrogens with zero attached hydrogens (tertiary/aromatic N) is 1. The molecule has 0 fully saturated rings. The molecule has 2 aromatic carbocycles. The maximum atomic E-state index is 13.0. The van der Waals surface area contributed by atoms with Gasteiger partial charge in [0.05, 0.1) is 11.3 Å². The summed E-state index contributed by atoms with van der Waals surface area (Å²) >= 11 is 0. The summed E-state index contributed by atoms with van der Waals surface area (Å²) in [4.78, 5) is 14.7. The third-order valence-electron chi connectivity index (χ3n) is 3.93. The zero-order chi connectivity index (χ0) is 15.8. The lowest BCUT2D eigenvalue weighted by Crippen LogP contribution is -2.20. The molecular weight excluding hydrogens is 286 g/mol. The Morgan fingerprint density at radius 1 is 0.913 bits per heavy atom. The van der Waals surface area contributed by atoms with Crippen LogP contribution in [0.4, 0.5) is 11.4 Å². The second-order valence-electron chi connectivity index (χ2n) is 5.50. The number of hydrogen-bond donors (Lipinski definition) is 0. The van der Waals surface area contributed by atoms with Crippen LogP contribution >= 0.6 is 0 Å². The van der Waals surface area contributed by atoms with Crippen molar-refractivity contribution in [2.75, 3.05) is 4.90 Å². The molecule has 0 spiro atoms. The molecule has 4 rings (SSSR count). The van der Waals surface area contributed by atoms with Gasteiger partial charge in [-0.25, -0.2) is 0 Å². The number of para-hydroxylation sites is 2. The van der Waals surface area contributed by atoms with Crippen molar-refractivity contribution in [1.29, 1.82) is 0 Å². The molecule has 2 heterocycles. The van der Waals surface area contributed by atoms with Gasteiger partial charge >= 0.3 is 0 Å². The molecule has 0 atom stereocenters. The molecule has 23 heavy (non-hydrogen) atoms. The van der Waals surface area contributed by atoms with Gasteiger partial charge in [-0.2, -0.15) is 0 Å². The van der Waals surface area contributed by atoms with E-state index < -0.39 is 0 Å². The van der Waals surface area contributed by atoms with Gasteiger partial charge in [-0.15, -0.1) is 0 Å². The lowest BCUT2D eigenvalue weighted by molar-refractivity contribution is -0.112. The van der Waals surface area contributed by atoms with Crippen LogP contribution in [0.15, 0.2) is 71.1 Å². The number of rotatable bonds is 2. The second kappa shape index (κ2) is 5.29. The van der Waals surface area contributed by atoms with E-state index in [1.807, 2.05) is 79.7 Å². The summed E-state index contributed by atoms with van der Waals surface area (Å²) in [6, 6.07) is 21.3. The lowest BCUT2D eigenvalue weighted by Gasteiger charge is -2.16. The molecule has 3 nitrogen and oxygen atoms in total. The van der Waals surface area contributed by atoms with Crippen molar-refractivity contribution >= 4 is 28.9 Å². The average molecular weight is 301 g/mol. The minimum atomic E-state index is -0.0357. The van der Waals surface area contributed by atoms with E-state index in [2.05, 4.69) is 0 Å². The molecule has 3 aromatic rings. The fourth-order valence-corrected chi connectivity index (χ4v) is 2.89. The fraction of sp³-hybridized carbons (Fsp3) is 0.0500. The number of benzene rings is 2. The van der Waals surface area contributed by atoms with Crippen LogP contribution in [0, 0.1) is 6.92 Å². The molecule has 1 aliphatic rings. The quantitative estimate of drug-likeness (QED) is 0.637. The number of aryl methyl sites for hydroxylation is 1. The normalized spacial score (nSPS) is 15.3. The number of carbonyl (C=O) groups excluding carboxylic acids is 1. The minimum Gasteiger partial charge on any atom is -0.462 e. The molecule has 1 amide bonds. The van der Waals surface area contributed by atoms with Gasteiger partial charge in [0.25, 0.3) is 5.91 Å². The first kappa shape index (κ1) is 13.6. The first-order chi connectivity index (χ1) is 11.2. The first-order valence-corrected chi connectivity index (χ1v) is 7.51. The smallest absolute Gasteiger partial charge is 0.263 e. The zero-order valence-electron chi connectivity index (χ0n) is 12.7. The minimum absolute atomic E-state index is 0.0357. The van der Waals surface area contributed by atoms with Gasteiger partial charge in [0.2, 0.25) is 0 Å². The largest absolute Gasteiger partial charge is 0.462 e. The number of carbonyl (C=O) groups is 1. The maximum absolute atomic E-state index is 13.0. The molecule has 112 valence electrons. The van der Waals surface area contributed by atoms with Crippen molar-refractivity contribution in [3.63, 3.8) is 0 Å². The highest BCUT2D eigenvalue weighted by atomic mass is 16.3. The maximum Gasteiger partial charge on any atom is 0.263 e. The van der Waals surface area contributed by atoms with E-state index in [4.69, 9.17) is 4.42 Å². The van der Waals surface area contributed by atoms with Crippen LogP contribution in [0.25, 0.3) is 11.6 Å². The summed E-state index contributed by atoms with van der Waals surface area (Å²) in [6.45, 7) is 1.89. The van der Waals surface area contributed by atoms with E-state index in [1.54, 1.807) is 4.90 Å². The number of anilines is 2. The lowest BCUT2D eigenvalue weighted by atomic mass is 10.1. The SMILES string of the molecule is Cc1ccc(/C=C2/C(=O)N(c3ccccc3)c3ccccc32)o1. The predicted octanol–water partition coefficient (Wildman–Crippen LogP) is 4.81. The Hall–Kier alpha value is -3.07. The molecule has 0 unspecified atom stereocenters. The molecule has 0 saturated heterocycles. The number of furan rings is 1. The highest BCUT2D eigenvalue weighted by Crippen LogP contribution is 2.41. The molecule has 0 saturated carbocycles. The molecule has 0 bridgehead atoms. The first-order valence-electron chi connectivity index (χ1n) is 7.51. The van der Waals surface area contributed by atoms with E-state index in [1.165, 1.54) is 0 Å². The monoisotopic (exact) mass is 301 g/mol. The Morgan fingerprint density at radius 2 is 1.65 bits per heavy atom. The van der Waals surface area contributed by atoms with Crippen LogP contribution in [0.5, 0.6) is 0 Å². The van der Waals surface area contributed by atoms with E-state index in [0.29, 0.717) is 11.3 Å². The van der Waals surface area contributed by atoms with Gasteiger partial charge in [-0.3, -0.25) is 9.69 Å². The highest BCUT2D eigenvalue weighted by molar-refractivity contribution is 6.37. The van der Waals surface area contributed by atoms with E-state index in [9.17, 15) is 4.79 Å². The number of hydrogen-bond acceptors (Lipinski definition) is 2. The Bertz CT molecular complexity index is 906. The molecule has 0 aliphatic carbocycles. The fourth-order valence-electron chi connectivity index (χ4n) is 2.89. The van der Waals surface area contributed by atoms with Crippen LogP contribution in [0.2, 0.25) is 0 Å².